The van der Waals surface area contributed by atoms with Gasteiger partial charge in [-0.2, -0.15) is 32.6 Å². The van der Waals surface area contributed by atoms with Crippen LogP contribution >= 0.6 is 22.4 Å². The van der Waals surface area contributed by atoms with E-state index in [1.807, 2.05) is 27.8 Å². The molecule has 4 aromatic rings. The van der Waals surface area contributed by atoms with Crippen molar-refractivity contribution in [3.05, 3.63) is 102 Å². The summed E-state index contributed by atoms with van der Waals surface area (Å²) >= 11 is 2.45. The van der Waals surface area contributed by atoms with E-state index >= 15 is 4.39 Å². The van der Waals surface area contributed by atoms with E-state index in [2.05, 4.69) is 40.6 Å². The monoisotopic (exact) mass is 761 g/mol. The van der Waals surface area contributed by atoms with Gasteiger partial charge >= 0.3 is 5.69 Å². The average Bonchev–Trinajstić information content (AvgIpc) is 3.79. The number of rotatable bonds is 8. The number of fused-ring (bicyclic) bond motifs is 2. The molecule has 3 aromatic heterocycles. The van der Waals surface area contributed by atoms with E-state index in [0.717, 1.165) is 35.7 Å². The molecule has 1 saturated carbocycles. The summed E-state index contributed by atoms with van der Waals surface area (Å²) in [6.45, 7) is 9.09. The Morgan fingerprint density at radius 2 is 1.79 bits per heavy atom. The van der Waals surface area contributed by atoms with Crippen LogP contribution in [0.1, 0.15) is 62.8 Å². The predicted octanol–water partition coefficient (Wildman–Crippen LogP) is 6.83. The van der Waals surface area contributed by atoms with Crippen molar-refractivity contribution in [1.29, 1.82) is 0 Å². The summed E-state index contributed by atoms with van der Waals surface area (Å²) in [5.74, 6) is 0.0137. The molecule has 12 heteroatoms. The van der Waals surface area contributed by atoms with Gasteiger partial charge in [-0.15, -0.1) is 0 Å². The molecule has 0 bridgehead atoms. The lowest BCUT2D eigenvalue weighted by molar-refractivity contribution is -0.137. The van der Waals surface area contributed by atoms with Gasteiger partial charge in [-0.05, 0) is 24.4 Å². The van der Waals surface area contributed by atoms with E-state index < -0.39 is 11.5 Å². The summed E-state index contributed by atoms with van der Waals surface area (Å²) < 4.78 is 22.1. The van der Waals surface area contributed by atoms with E-state index in [1.54, 1.807) is 48.4 Å². The van der Waals surface area contributed by atoms with Gasteiger partial charge in [0.15, 0.2) is 5.82 Å². The zero-order valence-electron chi connectivity index (χ0n) is 27.5. The number of hydrogen-bond acceptors (Lipinski definition) is 4. The molecular weight excluding hydrogens is 719 g/mol. The molecule has 4 heterocycles. The first-order valence-electron chi connectivity index (χ1n) is 16.9. The normalized spacial score (nSPS) is 19.4. The molecule has 1 aliphatic carbocycles. The minimum Gasteiger partial charge on any atom is -0.335 e. The minimum absolute atomic E-state index is 0.0155. The number of nitrogens with zero attached hydrogens (tertiary/aromatic N) is 7. The second-order valence-corrected chi connectivity index (χ2v) is 13.6. The number of carbonyl (C=O) groups is 1. The lowest BCUT2D eigenvalue weighted by atomic mass is 9.70. The Kier molecular flexibility index (Phi) is 10.7. The summed E-state index contributed by atoms with van der Waals surface area (Å²) in [7, 11) is 1.75. The molecule has 2 atom stereocenters. The predicted molar refractivity (Wildman–Crippen MR) is 200 cm³/mol. The van der Waals surface area contributed by atoms with Crippen LogP contribution in [0.4, 0.5) is 4.39 Å². The summed E-state index contributed by atoms with van der Waals surface area (Å²) in [5.41, 5.74) is 2.96. The van der Waals surface area contributed by atoms with Gasteiger partial charge in [0, 0.05) is 37.5 Å². The Bertz CT molecular complexity index is 1950. The fourth-order valence-corrected chi connectivity index (χ4v) is 8.26. The third-order valence-electron chi connectivity index (χ3n) is 9.79. The van der Waals surface area contributed by atoms with E-state index in [1.165, 1.54) is 47.4 Å². The Hall–Kier alpha value is -3.94. The first-order chi connectivity index (χ1) is 23.4. The first kappa shape index (κ1) is 33.9. The molecule has 250 valence electrons. The van der Waals surface area contributed by atoms with Crippen LogP contribution in [-0.2, 0) is 24.9 Å². The molecule has 1 aliphatic heterocycles. The number of aryl methyl sites for hydroxylation is 1. The molecule has 1 amide bonds. The van der Waals surface area contributed by atoms with Crippen LogP contribution < -0.4 is 5.69 Å². The van der Waals surface area contributed by atoms with Crippen molar-refractivity contribution in [2.75, 3.05) is 6.54 Å². The number of carbonyl (C=O) groups excluding carboxylic acids is 1. The van der Waals surface area contributed by atoms with Crippen LogP contribution in [0.3, 0.4) is 0 Å². The van der Waals surface area contributed by atoms with Gasteiger partial charge in [-0.3, -0.25) is 23.3 Å². The zero-order chi connectivity index (χ0) is 33.8. The molecule has 1 fully saturated rings. The summed E-state index contributed by atoms with van der Waals surface area (Å²) in [6, 6.07) is 3.35. The number of aromatic nitrogens is 6. The Labute approximate surface area is 294 Å². The van der Waals surface area contributed by atoms with Crippen molar-refractivity contribution in [3.8, 4) is 11.4 Å². The van der Waals surface area contributed by atoms with E-state index in [0.29, 0.717) is 47.7 Å². The van der Waals surface area contributed by atoms with Gasteiger partial charge in [-0.1, -0.05) is 88.5 Å². The van der Waals surface area contributed by atoms with Crippen LogP contribution in [0, 0.1) is 11.7 Å². The molecule has 0 spiro atoms. The quantitative estimate of drug-likeness (QED) is 0.112. The largest absolute Gasteiger partial charge is 0.337 e. The molecule has 48 heavy (non-hydrogen) atoms. The van der Waals surface area contributed by atoms with Crippen molar-refractivity contribution in [2.45, 2.75) is 70.3 Å². The summed E-state index contributed by atoms with van der Waals surface area (Å²) in [6.07, 6.45) is 22.7. The lowest BCUT2D eigenvalue weighted by Gasteiger charge is -2.34. The van der Waals surface area contributed by atoms with Crippen molar-refractivity contribution < 1.29 is 9.18 Å². The molecule has 6 rings (SSSR count). The van der Waals surface area contributed by atoms with Crippen molar-refractivity contribution in [2.24, 2.45) is 13.0 Å². The summed E-state index contributed by atoms with van der Waals surface area (Å²) in [5, 5.41) is 10.5. The fourth-order valence-electron chi connectivity index (χ4n) is 7.21. The molecular formula is C36H42BFIN7O2. The zero-order valence-corrected chi connectivity index (χ0v) is 29.7. The van der Waals surface area contributed by atoms with Crippen LogP contribution in [0.15, 0.2) is 79.1 Å². The van der Waals surface area contributed by atoms with Crippen LogP contribution in [0.5, 0.6) is 0 Å². The third kappa shape index (κ3) is 6.55. The Balaban J connectivity index is 1.43. The van der Waals surface area contributed by atoms with Gasteiger partial charge in [0.05, 0.1) is 41.6 Å². The standard InChI is InChI=1S/C36H42BFIN7O2/c1-4-6-14-25(13-5-2)33-34(45-21-20-44(36(45)48)30-18-17-29-27(32(30)38)23-40-42(29)3)31-24-43(19-22-46(31)41-33)35(47)26-15-11-9-7-8-10-12-16-28(26)37-39/h4-6,13-14,17-18,20-21,23,26,28,37H,1-2,7-12,15-16,19,22,24H2,3H3/b14-6-,25-13+. The van der Waals surface area contributed by atoms with Crippen molar-refractivity contribution >= 4 is 49.9 Å². The molecule has 9 nitrogen and oxygen atoms in total. The van der Waals surface area contributed by atoms with E-state index in [4.69, 9.17) is 5.10 Å². The molecule has 0 radical (unpaired) electrons. The van der Waals surface area contributed by atoms with Crippen LogP contribution in [0.25, 0.3) is 27.9 Å². The highest BCUT2D eigenvalue weighted by molar-refractivity contribution is 14.1. The highest BCUT2D eigenvalue weighted by Gasteiger charge is 2.35. The average molecular weight is 761 g/mol. The third-order valence-corrected chi connectivity index (χ3v) is 10.9. The lowest BCUT2D eigenvalue weighted by Crippen LogP contribution is -2.43. The number of imidazole rings is 1. The SMILES string of the molecule is C=C/C=C\C(=C/C=C)c1nn2c(c1-n1ccn(-c3ccc4c(cnn4C)c3F)c1=O)CN(C(=O)C1CCCCCCCCC1BI)CC2. The van der Waals surface area contributed by atoms with Crippen LogP contribution in [-0.4, -0.2) is 51.2 Å². The maximum Gasteiger partial charge on any atom is 0.337 e. The van der Waals surface area contributed by atoms with Crippen LogP contribution in [0.2, 0.25) is 5.82 Å². The van der Waals surface area contributed by atoms with Gasteiger partial charge in [-0.25, -0.2) is 9.18 Å². The number of benzene rings is 1. The van der Waals surface area contributed by atoms with Crippen molar-refractivity contribution in [3.63, 3.8) is 0 Å². The van der Waals surface area contributed by atoms with Crippen molar-refractivity contribution in [1.82, 2.24) is 33.6 Å². The minimum atomic E-state index is -0.522. The topological polar surface area (TPSA) is 82.9 Å². The van der Waals surface area contributed by atoms with Gasteiger partial charge in [0.25, 0.3) is 0 Å². The number of halogens is 2. The smallest absolute Gasteiger partial charge is 0.335 e. The second kappa shape index (κ2) is 15.1. The Morgan fingerprint density at radius 3 is 2.54 bits per heavy atom. The highest BCUT2D eigenvalue weighted by Crippen LogP contribution is 2.36. The molecule has 2 unspecified atom stereocenters. The highest BCUT2D eigenvalue weighted by atomic mass is 127. The maximum absolute atomic E-state index is 15.8. The van der Waals surface area contributed by atoms with Gasteiger partial charge in [0.1, 0.15) is 11.4 Å². The molecule has 2 aliphatic rings. The van der Waals surface area contributed by atoms with Gasteiger partial charge < -0.3 is 4.90 Å². The number of hydrogen-bond donors (Lipinski definition) is 0. The van der Waals surface area contributed by atoms with E-state index in [9.17, 15) is 9.59 Å². The molecule has 0 saturated heterocycles. The maximum atomic E-state index is 15.8. The number of allylic oxidation sites excluding steroid dienone is 6. The fraction of sp³-hybridized carbons (Fsp3) is 0.389. The van der Waals surface area contributed by atoms with E-state index in [-0.39, 0.29) is 17.5 Å². The van der Waals surface area contributed by atoms with Gasteiger partial charge in [0.2, 0.25) is 11.0 Å². The molecule has 1 aromatic carbocycles. The number of amides is 1. The summed E-state index contributed by atoms with van der Waals surface area (Å²) in [4.78, 5) is 30.5. The Morgan fingerprint density at radius 1 is 1.04 bits per heavy atom. The molecule has 0 N–H and O–H groups in total. The first-order valence-corrected chi connectivity index (χ1v) is 18.4. The second-order valence-electron chi connectivity index (χ2n) is 12.7.